The third-order valence-electron chi connectivity index (χ3n) is 2.69. The molecule has 0 fully saturated rings. The first kappa shape index (κ1) is 15.8. The second-order valence-electron chi connectivity index (χ2n) is 4.50. The van der Waals surface area contributed by atoms with Crippen LogP contribution >= 0.6 is 0 Å². The summed E-state index contributed by atoms with van der Waals surface area (Å²) >= 11 is 0. The van der Waals surface area contributed by atoms with Crippen LogP contribution in [-0.2, 0) is 0 Å². The molecule has 1 aromatic rings. The average molecular weight is 278 g/mol. The van der Waals surface area contributed by atoms with Crippen LogP contribution in [0.4, 0.5) is 23.2 Å². The summed E-state index contributed by atoms with van der Waals surface area (Å²) in [6.07, 6.45) is -3.80. The molecule has 6 heteroatoms. The van der Waals surface area contributed by atoms with Crippen LogP contribution in [0.1, 0.15) is 31.9 Å². The third-order valence-corrected chi connectivity index (χ3v) is 2.69. The van der Waals surface area contributed by atoms with E-state index in [4.69, 9.17) is 5.73 Å². The minimum absolute atomic E-state index is 0.125. The Morgan fingerprint density at radius 2 is 1.95 bits per heavy atom. The average Bonchev–Trinajstić information content (AvgIpc) is 2.25. The monoisotopic (exact) mass is 278 g/mol. The molecule has 0 amide bonds. The van der Waals surface area contributed by atoms with Crippen molar-refractivity contribution >= 4 is 5.69 Å². The number of benzene rings is 1. The maximum absolute atomic E-state index is 13.7. The summed E-state index contributed by atoms with van der Waals surface area (Å²) in [4.78, 5) is 1.13. The van der Waals surface area contributed by atoms with Crippen molar-refractivity contribution < 1.29 is 17.6 Å². The summed E-state index contributed by atoms with van der Waals surface area (Å²) in [7, 11) is 0. The fraction of sp³-hybridized carbons (Fsp3) is 0.538. The molecule has 0 bridgehead atoms. The minimum atomic E-state index is -4.34. The van der Waals surface area contributed by atoms with Gasteiger partial charge < -0.3 is 10.6 Å². The first-order chi connectivity index (χ1) is 8.76. The lowest BCUT2D eigenvalue weighted by atomic mass is 10.0. The Morgan fingerprint density at radius 3 is 2.42 bits per heavy atom. The number of hydrogen-bond acceptors (Lipinski definition) is 2. The molecule has 1 atom stereocenters. The first-order valence-electron chi connectivity index (χ1n) is 6.12. The highest BCUT2D eigenvalue weighted by atomic mass is 19.4. The number of nitrogens with two attached hydrogens (primary N) is 1. The Bertz CT molecular complexity index is 416. The van der Waals surface area contributed by atoms with Crippen molar-refractivity contribution in [1.82, 2.24) is 0 Å². The van der Waals surface area contributed by atoms with E-state index in [9.17, 15) is 17.6 Å². The lowest BCUT2D eigenvalue weighted by Crippen LogP contribution is -2.36. The molecule has 1 aromatic carbocycles. The summed E-state index contributed by atoms with van der Waals surface area (Å²) in [5.74, 6) is -0.573. The number of rotatable bonds is 5. The molecule has 0 heterocycles. The van der Waals surface area contributed by atoms with E-state index in [1.54, 1.807) is 13.8 Å². The van der Waals surface area contributed by atoms with E-state index in [1.807, 2.05) is 0 Å². The van der Waals surface area contributed by atoms with E-state index in [0.717, 1.165) is 4.90 Å². The van der Waals surface area contributed by atoms with Gasteiger partial charge in [0.1, 0.15) is 12.4 Å². The highest BCUT2D eigenvalue weighted by molar-refractivity contribution is 5.55. The Hall–Kier alpha value is -1.30. The fourth-order valence-electron chi connectivity index (χ4n) is 2.02. The van der Waals surface area contributed by atoms with Crippen LogP contribution in [0.15, 0.2) is 18.2 Å². The molecule has 0 aliphatic heterocycles. The van der Waals surface area contributed by atoms with E-state index in [0.29, 0.717) is 6.42 Å². The number of nitrogens with zero attached hydrogens (tertiary/aromatic N) is 1. The van der Waals surface area contributed by atoms with Crippen LogP contribution in [0.3, 0.4) is 0 Å². The SMILES string of the molecule is CCCN(CC(F)(F)F)c1cccc(F)c1[C@@H](C)N. The molecular formula is C13H18F4N2. The third kappa shape index (κ3) is 4.38. The van der Waals surface area contributed by atoms with Crippen molar-refractivity contribution in [2.45, 2.75) is 32.5 Å². The molecule has 108 valence electrons. The Balaban J connectivity index is 3.18. The van der Waals surface area contributed by atoms with Gasteiger partial charge in [0.2, 0.25) is 0 Å². The second kappa shape index (κ2) is 6.23. The minimum Gasteiger partial charge on any atom is -0.362 e. The second-order valence-corrected chi connectivity index (χ2v) is 4.50. The predicted molar refractivity (Wildman–Crippen MR) is 67.6 cm³/mol. The van der Waals surface area contributed by atoms with Gasteiger partial charge in [0.25, 0.3) is 0 Å². The molecular weight excluding hydrogens is 260 g/mol. The quantitative estimate of drug-likeness (QED) is 0.833. The standard InChI is InChI=1S/C13H18F4N2/c1-3-7-19(8-13(15,16)17)11-6-4-5-10(14)12(11)9(2)18/h4-6,9H,3,7-8,18H2,1-2H3/t9-/m1/s1. The van der Waals surface area contributed by atoms with Crippen molar-refractivity contribution in [1.29, 1.82) is 0 Å². The summed E-state index contributed by atoms with van der Waals surface area (Å²) in [6.45, 7) is 2.42. The van der Waals surface area contributed by atoms with Gasteiger partial charge in [-0.2, -0.15) is 13.2 Å². The van der Waals surface area contributed by atoms with Gasteiger partial charge in [-0.25, -0.2) is 4.39 Å². The van der Waals surface area contributed by atoms with Crippen molar-refractivity contribution in [3.63, 3.8) is 0 Å². The van der Waals surface area contributed by atoms with Gasteiger partial charge in [-0.1, -0.05) is 13.0 Å². The summed E-state index contributed by atoms with van der Waals surface area (Å²) in [5.41, 5.74) is 6.01. The van der Waals surface area contributed by atoms with Crippen LogP contribution in [0, 0.1) is 5.82 Å². The van der Waals surface area contributed by atoms with Crippen molar-refractivity contribution in [2.24, 2.45) is 5.73 Å². The molecule has 1 rings (SSSR count). The molecule has 0 saturated carbocycles. The maximum Gasteiger partial charge on any atom is 0.405 e. The van der Waals surface area contributed by atoms with Gasteiger partial charge in [-0.05, 0) is 25.5 Å². The molecule has 0 aliphatic rings. The van der Waals surface area contributed by atoms with E-state index in [2.05, 4.69) is 0 Å². The van der Waals surface area contributed by atoms with E-state index in [-0.39, 0.29) is 17.8 Å². The van der Waals surface area contributed by atoms with E-state index < -0.39 is 24.6 Å². The van der Waals surface area contributed by atoms with E-state index >= 15 is 0 Å². The molecule has 0 spiro atoms. The summed E-state index contributed by atoms with van der Waals surface area (Å²) in [5, 5.41) is 0. The lowest BCUT2D eigenvalue weighted by molar-refractivity contribution is -0.119. The van der Waals surface area contributed by atoms with Gasteiger partial charge in [0.15, 0.2) is 0 Å². The zero-order chi connectivity index (χ0) is 14.6. The van der Waals surface area contributed by atoms with Crippen LogP contribution in [0.5, 0.6) is 0 Å². The predicted octanol–water partition coefficient (Wildman–Crippen LogP) is 3.62. The van der Waals surface area contributed by atoms with E-state index in [1.165, 1.54) is 18.2 Å². The molecule has 2 N–H and O–H groups in total. The summed E-state index contributed by atoms with van der Waals surface area (Å²) in [6, 6.07) is 3.42. The van der Waals surface area contributed by atoms with Crippen molar-refractivity contribution in [3.05, 3.63) is 29.6 Å². The van der Waals surface area contributed by atoms with Crippen LogP contribution in [-0.4, -0.2) is 19.3 Å². The largest absolute Gasteiger partial charge is 0.405 e. The molecule has 0 saturated heterocycles. The van der Waals surface area contributed by atoms with Gasteiger partial charge in [0, 0.05) is 23.8 Å². The molecule has 0 aliphatic carbocycles. The first-order valence-corrected chi connectivity index (χ1v) is 6.12. The number of halogens is 4. The molecule has 2 nitrogen and oxygen atoms in total. The highest BCUT2D eigenvalue weighted by Crippen LogP contribution is 2.30. The zero-order valence-electron chi connectivity index (χ0n) is 11.0. The van der Waals surface area contributed by atoms with Crippen LogP contribution in [0.25, 0.3) is 0 Å². The van der Waals surface area contributed by atoms with Gasteiger partial charge in [-0.15, -0.1) is 0 Å². The van der Waals surface area contributed by atoms with Crippen LogP contribution in [0.2, 0.25) is 0 Å². The molecule has 0 unspecified atom stereocenters. The molecule has 0 radical (unpaired) electrons. The van der Waals surface area contributed by atoms with Gasteiger partial charge >= 0.3 is 6.18 Å². The number of alkyl halides is 3. The molecule has 0 aromatic heterocycles. The normalized spacial score (nSPS) is 13.4. The Labute approximate surface area is 110 Å². The van der Waals surface area contributed by atoms with Gasteiger partial charge in [-0.3, -0.25) is 0 Å². The Morgan fingerprint density at radius 1 is 1.32 bits per heavy atom. The van der Waals surface area contributed by atoms with Gasteiger partial charge in [0.05, 0.1) is 0 Å². The molecule has 19 heavy (non-hydrogen) atoms. The summed E-state index contributed by atoms with van der Waals surface area (Å²) < 4.78 is 51.5. The highest BCUT2D eigenvalue weighted by Gasteiger charge is 2.32. The smallest absolute Gasteiger partial charge is 0.362 e. The van der Waals surface area contributed by atoms with Crippen molar-refractivity contribution in [2.75, 3.05) is 18.0 Å². The topological polar surface area (TPSA) is 29.3 Å². The number of anilines is 1. The fourth-order valence-corrected chi connectivity index (χ4v) is 2.02. The maximum atomic E-state index is 13.7. The van der Waals surface area contributed by atoms with Crippen LogP contribution < -0.4 is 10.6 Å². The zero-order valence-corrected chi connectivity index (χ0v) is 11.0. The Kier molecular flexibility index (Phi) is 5.17. The number of hydrogen-bond donors (Lipinski definition) is 1. The lowest BCUT2D eigenvalue weighted by Gasteiger charge is -2.28. The van der Waals surface area contributed by atoms with Crippen molar-refractivity contribution in [3.8, 4) is 0 Å².